The molecule has 1 aromatic carbocycles. The smallest absolute Gasteiger partial charge is 0.344 e. The van der Waals surface area contributed by atoms with Gasteiger partial charge in [-0.15, -0.1) is 0 Å². The minimum absolute atomic E-state index is 0.133. The predicted molar refractivity (Wildman–Crippen MR) is 108 cm³/mol. The van der Waals surface area contributed by atoms with Crippen LogP contribution in [0.2, 0.25) is 5.15 Å². The standard InChI is InChI=1S/C21H26ClN3O3/c1-13-9-7-8-12-17(13)23-20(26)15(3)28-21(27)18-14(2)24-25(19(18)22)16-10-5-4-6-11-16/h4-6,10-11,13,15,17H,7-9,12H2,1-3H3,(H,23,26)/t13-,15+,17+/m0/s1. The molecule has 0 spiro atoms. The van der Waals surface area contributed by atoms with E-state index in [9.17, 15) is 9.59 Å². The Morgan fingerprint density at radius 1 is 1.25 bits per heavy atom. The number of aryl methyl sites for hydroxylation is 1. The van der Waals surface area contributed by atoms with Gasteiger partial charge in [-0.2, -0.15) is 5.10 Å². The molecule has 1 amide bonds. The summed E-state index contributed by atoms with van der Waals surface area (Å²) in [4.78, 5) is 25.1. The van der Waals surface area contributed by atoms with Gasteiger partial charge in [-0.05, 0) is 44.7 Å². The molecule has 0 bridgehead atoms. The summed E-state index contributed by atoms with van der Waals surface area (Å²) in [6, 6.07) is 9.42. The monoisotopic (exact) mass is 403 g/mol. The van der Waals surface area contributed by atoms with Gasteiger partial charge >= 0.3 is 5.97 Å². The summed E-state index contributed by atoms with van der Waals surface area (Å²) >= 11 is 6.40. The summed E-state index contributed by atoms with van der Waals surface area (Å²) in [5, 5.41) is 7.52. The van der Waals surface area contributed by atoms with Crippen LogP contribution in [0.3, 0.4) is 0 Å². The van der Waals surface area contributed by atoms with Gasteiger partial charge in [-0.3, -0.25) is 4.79 Å². The van der Waals surface area contributed by atoms with Crippen molar-refractivity contribution in [1.82, 2.24) is 15.1 Å². The lowest BCUT2D eigenvalue weighted by molar-refractivity contribution is -0.130. The van der Waals surface area contributed by atoms with E-state index in [1.807, 2.05) is 30.3 Å². The number of amides is 1. The van der Waals surface area contributed by atoms with Gasteiger partial charge in [0.25, 0.3) is 5.91 Å². The first kappa shape index (κ1) is 20.4. The fourth-order valence-electron chi connectivity index (χ4n) is 3.58. The van der Waals surface area contributed by atoms with Crippen LogP contribution in [0.1, 0.15) is 55.6 Å². The van der Waals surface area contributed by atoms with Crippen LogP contribution >= 0.6 is 11.6 Å². The number of nitrogens with one attached hydrogen (secondary N) is 1. The molecule has 7 heteroatoms. The second kappa shape index (κ2) is 8.78. The third kappa shape index (κ3) is 4.38. The molecule has 0 unspecified atom stereocenters. The number of benzene rings is 1. The van der Waals surface area contributed by atoms with Gasteiger partial charge in [0.2, 0.25) is 0 Å². The van der Waals surface area contributed by atoms with Crippen molar-refractivity contribution in [3.8, 4) is 5.69 Å². The van der Waals surface area contributed by atoms with Gasteiger partial charge in [0.05, 0.1) is 11.4 Å². The number of nitrogens with zero attached hydrogens (tertiary/aromatic N) is 2. The lowest BCUT2D eigenvalue weighted by atomic mass is 9.86. The first-order valence-corrected chi connectivity index (χ1v) is 10.1. The van der Waals surface area contributed by atoms with E-state index in [0.717, 1.165) is 24.9 Å². The maximum atomic E-state index is 12.7. The molecule has 0 saturated heterocycles. The molecule has 1 saturated carbocycles. The Morgan fingerprint density at radius 2 is 1.93 bits per heavy atom. The molecule has 1 aromatic heterocycles. The number of rotatable bonds is 5. The van der Waals surface area contributed by atoms with Crippen LogP contribution in [0.4, 0.5) is 0 Å². The first-order valence-electron chi connectivity index (χ1n) is 9.70. The van der Waals surface area contributed by atoms with E-state index < -0.39 is 12.1 Å². The lowest BCUT2D eigenvalue weighted by Gasteiger charge is -2.30. The molecule has 0 aliphatic heterocycles. The zero-order valence-corrected chi connectivity index (χ0v) is 17.2. The van der Waals surface area contributed by atoms with E-state index >= 15 is 0 Å². The number of esters is 1. The van der Waals surface area contributed by atoms with E-state index in [1.54, 1.807) is 13.8 Å². The highest BCUT2D eigenvalue weighted by atomic mass is 35.5. The van der Waals surface area contributed by atoms with Crippen LogP contribution in [0.25, 0.3) is 5.69 Å². The second-order valence-electron chi connectivity index (χ2n) is 7.42. The highest BCUT2D eigenvalue weighted by Crippen LogP contribution is 2.26. The number of halogens is 1. The predicted octanol–water partition coefficient (Wildman–Crippen LogP) is 4.07. The van der Waals surface area contributed by atoms with Crippen molar-refractivity contribution in [2.75, 3.05) is 0 Å². The van der Waals surface area contributed by atoms with Gasteiger partial charge in [0.1, 0.15) is 10.7 Å². The molecule has 1 heterocycles. The molecule has 2 aromatic rings. The van der Waals surface area contributed by atoms with Crippen molar-refractivity contribution in [2.24, 2.45) is 5.92 Å². The number of para-hydroxylation sites is 1. The van der Waals surface area contributed by atoms with Gasteiger partial charge in [0, 0.05) is 6.04 Å². The molecule has 1 aliphatic carbocycles. The molecular formula is C21H26ClN3O3. The second-order valence-corrected chi connectivity index (χ2v) is 7.78. The zero-order chi connectivity index (χ0) is 20.3. The van der Waals surface area contributed by atoms with E-state index in [-0.39, 0.29) is 22.7 Å². The summed E-state index contributed by atoms with van der Waals surface area (Å²) in [5.74, 6) is -0.498. The molecule has 6 nitrogen and oxygen atoms in total. The largest absolute Gasteiger partial charge is 0.449 e. The maximum Gasteiger partial charge on any atom is 0.344 e. The Labute approximate surface area is 170 Å². The molecule has 1 aliphatic rings. The average Bonchev–Trinajstić information content (AvgIpc) is 2.98. The average molecular weight is 404 g/mol. The molecule has 28 heavy (non-hydrogen) atoms. The molecule has 1 N–H and O–H groups in total. The molecule has 3 rings (SSSR count). The highest BCUT2D eigenvalue weighted by molar-refractivity contribution is 6.33. The van der Waals surface area contributed by atoms with Crippen molar-refractivity contribution in [3.63, 3.8) is 0 Å². The number of ether oxygens (including phenoxy) is 1. The number of carbonyl (C=O) groups excluding carboxylic acids is 2. The van der Waals surface area contributed by atoms with Crippen molar-refractivity contribution in [3.05, 3.63) is 46.7 Å². The van der Waals surface area contributed by atoms with E-state index in [4.69, 9.17) is 16.3 Å². The fourth-order valence-corrected chi connectivity index (χ4v) is 3.92. The zero-order valence-electron chi connectivity index (χ0n) is 16.4. The minimum Gasteiger partial charge on any atom is -0.449 e. The summed E-state index contributed by atoms with van der Waals surface area (Å²) in [5.41, 5.74) is 1.37. The molecule has 150 valence electrons. The topological polar surface area (TPSA) is 73.2 Å². The van der Waals surface area contributed by atoms with Crippen LogP contribution in [-0.4, -0.2) is 33.8 Å². The Bertz CT molecular complexity index is 850. The maximum absolute atomic E-state index is 12.7. The van der Waals surface area contributed by atoms with Crippen molar-refractivity contribution >= 4 is 23.5 Å². The van der Waals surface area contributed by atoms with Gasteiger partial charge < -0.3 is 10.1 Å². The highest BCUT2D eigenvalue weighted by Gasteiger charge is 2.29. The van der Waals surface area contributed by atoms with Crippen LogP contribution in [-0.2, 0) is 9.53 Å². The summed E-state index contributed by atoms with van der Waals surface area (Å²) < 4.78 is 6.89. The lowest BCUT2D eigenvalue weighted by Crippen LogP contribution is -2.46. The normalized spacial score (nSPS) is 20.4. The van der Waals surface area contributed by atoms with Crippen LogP contribution in [0.15, 0.2) is 30.3 Å². The molecule has 0 radical (unpaired) electrons. The van der Waals surface area contributed by atoms with Crippen LogP contribution in [0, 0.1) is 12.8 Å². The van der Waals surface area contributed by atoms with Crippen LogP contribution in [0.5, 0.6) is 0 Å². The van der Waals surface area contributed by atoms with Gasteiger partial charge in [-0.1, -0.05) is 49.6 Å². The van der Waals surface area contributed by atoms with Crippen LogP contribution < -0.4 is 5.32 Å². The molecule has 3 atom stereocenters. The Balaban J connectivity index is 1.69. The third-order valence-corrected chi connectivity index (χ3v) is 5.65. The molecule has 1 fully saturated rings. The van der Waals surface area contributed by atoms with Gasteiger partial charge in [-0.25, -0.2) is 9.48 Å². The Kier molecular flexibility index (Phi) is 6.39. The first-order chi connectivity index (χ1) is 13.4. The Hall–Kier alpha value is -2.34. The van der Waals surface area contributed by atoms with E-state index in [1.165, 1.54) is 11.1 Å². The third-order valence-electron chi connectivity index (χ3n) is 5.30. The number of aromatic nitrogens is 2. The SMILES string of the molecule is Cc1nn(-c2ccccc2)c(Cl)c1C(=O)O[C@H](C)C(=O)N[C@@H]1CCCC[C@@H]1C. The Morgan fingerprint density at radius 3 is 2.61 bits per heavy atom. The van der Waals surface area contributed by atoms with Gasteiger partial charge in [0.15, 0.2) is 6.10 Å². The number of carbonyl (C=O) groups is 2. The van der Waals surface area contributed by atoms with Crippen molar-refractivity contribution < 1.29 is 14.3 Å². The molecular weight excluding hydrogens is 378 g/mol. The van der Waals surface area contributed by atoms with E-state index in [0.29, 0.717) is 11.6 Å². The summed E-state index contributed by atoms with van der Waals surface area (Å²) in [6.45, 7) is 5.41. The van der Waals surface area contributed by atoms with Crippen molar-refractivity contribution in [2.45, 2.75) is 58.6 Å². The summed E-state index contributed by atoms with van der Waals surface area (Å²) in [7, 11) is 0. The summed E-state index contributed by atoms with van der Waals surface area (Å²) in [6.07, 6.45) is 3.46. The van der Waals surface area contributed by atoms with Crippen molar-refractivity contribution in [1.29, 1.82) is 0 Å². The number of hydrogen-bond donors (Lipinski definition) is 1. The van der Waals surface area contributed by atoms with E-state index in [2.05, 4.69) is 17.3 Å². The minimum atomic E-state index is -0.905. The quantitative estimate of drug-likeness (QED) is 0.763. The fraction of sp³-hybridized carbons (Fsp3) is 0.476. The number of hydrogen-bond acceptors (Lipinski definition) is 4.